The van der Waals surface area contributed by atoms with Crippen LogP contribution in [0, 0.1) is 0 Å². The number of para-hydroxylation sites is 1. The summed E-state index contributed by atoms with van der Waals surface area (Å²) in [6.45, 7) is 0. The Morgan fingerprint density at radius 2 is 0.671 bits per heavy atom. The van der Waals surface area contributed by atoms with Crippen molar-refractivity contribution in [2.24, 2.45) is 0 Å². The van der Waals surface area contributed by atoms with Gasteiger partial charge in [0, 0.05) is 16.6 Å². The number of hydrogen-bond acceptors (Lipinski definition) is 1. The van der Waals surface area contributed by atoms with Crippen LogP contribution < -0.4 is 4.90 Å². The lowest BCUT2D eigenvalue weighted by atomic mass is 9.70. The molecular formula is C69H45N. The minimum absolute atomic E-state index is 0.398. The van der Waals surface area contributed by atoms with E-state index in [1.807, 2.05) is 0 Å². The van der Waals surface area contributed by atoms with Crippen molar-refractivity contribution >= 4 is 38.6 Å². The van der Waals surface area contributed by atoms with E-state index in [9.17, 15) is 0 Å². The minimum atomic E-state index is -0.398. The van der Waals surface area contributed by atoms with Gasteiger partial charge in [-0.05, 0) is 130 Å². The van der Waals surface area contributed by atoms with E-state index in [1.54, 1.807) is 0 Å². The van der Waals surface area contributed by atoms with Gasteiger partial charge < -0.3 is 4.90 Å². The number of hydrogen-bond donors (Lipinski definition) is 0. The van der Waals surface area contributed by atoms with Crippen LogP contribution >= 0.6 is 0 Å². The number of nitrogens with zero attached hydrogens (tertiary/aromatic N) is 1. The van der Waals surface area contributed by atoms with Crippen molar-refractivity contribution in [2.45, 2.75) is 5.41 Å². The molecule has 0 atom stereocenters. The fourth-order valence-corrected chi connectivity index (χ4v) is 12.1. The van der Waals surface area contributed by atoms with Gasteiger partial charge in [-0.15, -0.1) is 0 Å². The van der Waals surface area contributed by atoms with E-state index < -0.39 is 5.41 Å². The number of fused-ring (bicyclic) bond motifs is 13. The van der Waals surface area contributed by atoms with E-state index in [-0.39, 0.29) is 0 Å². The molecule has 0 N–H and O–H groups in total. The average molecular weight is 888 g/mol. The summed E-state index contributed by atoms with van der Waals surface area (Å²) in [5.74, 6) is 0. The molecule has 12 aromatic carbocycles. The van der Waals surface area contributed by atoms with Crippen molar-refractivity contribution in [3.8, 4) is 66.8 Å². The van der Waals surface area contributed by atoms with Crippen molar-refractivity contribution < 1.29 is 0 Å². The van der Waals surface area contributed by atoms with Gasteiger partial charge in [0.05, 0.1) is 16.8 Å². The van der Waals surface area contributed by atoms with Crippen LogP contribution in [0.15, 0.2) is 273 Å². The second kappa shape index (κ2) is 16.0. The lowest BCUT2D eigenvalue weighted by Gasteiger charge is -2.31. The van der Waals surface area contributed by atoms with Gasteiger partial charge in [-0.3, -0.25) is 0 Å². The summed E-state index contributed by atoms with van der Waals surface area (Å²) in [5.41, 5.74) is 23.1. The third kappa shape index (κ3) is 5.98. The van der Waals surface area contributed by atoms with E-state index in [1.165, 1.54) is 105 Å². The summed E-state index contributed by atoms with van der Waals surface area (Å²) in [7, 11) is 0. The van der Waals surface area contributed by atoms with Crippen LogP contribution in [0.4, 0.5) is 17.1 Å². The smallest absolute Gasteiger partial charge is 0.0725 e. The summed E-state index contributed by atoms with van der Waals surface area (Å²) in [6, 6.07) is 101. The number of rotatable bonds is 7. The highest BCUT2D eigenvalue weighted by Gasteiger charge is 2.51. The Morgan fingerprint density at radius 1 is 0.229 bits per heavy atom. The highest BCUT2D eigenvalue weighted by atomic mass is 15.1. The van der Waals surface area contributed by atoms with Crippen LogP contribution in [-0.4, -0.2) is 0 Å². The molecule has 0 unspecified atom stereocenters. The quantitative estimate of drug-likeness (QED) is 0.144. The maximum absolute atomic E-state index is 2.49. The second-order valence-electron chi connectivity index (χ2n) is 18.7. The number of anilines is 3. The molecule has 0 aromatic heterocycles. The van der Waals surface area contributed by atoms with Crippen molar-refractivity contribution in [3.05, 3.63) is 295 Å². The molecule has 0 fully saturated rings. The third-order valence-electron chi connectivity index (χ3n) is 15.1. The minimum Gasteiger partial charge on any atom is -0.309 e. The average Bonchev–Trinajstić information content (AvgIpc) is 3.91. The molecule has 70 heavy (non-hydrogen) atoms. The molecule has 2 aliphatic rings. The molecule has 0 heterocycles. The lowest BCUT2D eigenvalue weighted by Crippen LogP contribution is -2.25. The van der Waals surface area contributed by atoms with E-state index in [0.717, 1.165) is 22.6 Å². The van der Waals surface area contributed by atoms with Crippen molar-refractivity contribution in [1.29, 1.82) is 0 Å². The largest absolute Gasteiger partial charge is 0.309 e. The van der Waals surface area contributed by atoms with Crippen molar-refractivity contribution in [2.75, 3.05) is 4.90 Å². The first-order chi connectivity index (χ1) is 34.8. The van der Waals surface area contributed by atoms with E-state index in [0.29, 0.717) is 0 Å². The molecule has 0 aliphatic heterocycles. The first-order valence-electron chi connectivity index (χ1n) is 24.3. The number of benzene rings is 12. The summed E-state index contributed by atoms with van der Waals surface area (Å²) in [5, 5.41) is 4.88. The summed E-state index contributed by atoms with van der Waals surface area (Å²) in [6.07, 6.45) is 0. The molecule has 1 nitrogen and oxygen atoms in total. The first kappa shape index (κ1) is 40.1. The zero-order chi connectivity index (χ0) is 46.2. The van der Waals surface area contributed by atoms with Crippen LogP contribution in [0.25, 0.3) is 88.3 Å². The Balaban J connectivity index is 0.955. The maximum Gasteiger partial charge on any atom is 0.0725 e. The molecule has 12 aromatic rings. The van der Waals surface area contributed by atoms with Gasteiger partial charge in [-0.25, -0.2) is 0 Å². The summed E-state index contributed by atoms with van der Waals surface area (Å²) in [4.78, 5) is 2.49. The monoisotopic (exact) mass is 887 g/mol. The summed E-state index contributed by atoms with van der Waals surface area (Å²) < 4.78 is 0. The molecule has 1 heteroatoms. The zero-order valence-electron chi connectivity index (χ0n) is 38.4. The highest BCUT2D eigenvalue weighted by molar-refractivity contribution is 6.15. The predicted octanol–water partition coefficient (Wildman–Crippen LogP) is 18.5. The molecule has 0 bridgehead atoms. The van der Waals surface area contributed by atoms with Crippen LogP contribution in [0.2, 0.25) is 0 Å². The fourth-order valence-electron chi connectivity index (χ4n) is 12.1. The Hall–Kier alpha value is -9.04. The highest BCUT2D eigenvalue weighted by Crippen LogP contribution is 2.63. The van der Waals surface area contributed by atoms with Crippen molar-refractivity contribution in [3.63, 3.8) is 0 Å². The van der Waals surface area contributed by atoms with Gasteiger partial charge in [0.2, 0.25) is 0 Å². The molecule has 0 saturated carbocycles. The Bertz CT molecular complexity index is 3950. The van der Waals surface area contributed by atoms with Gasteiger partial charge in [0.25, 0.3) is 0 Å². The van der Waals surface area contributed by atoms with Crippen LogP contribution in [-0.2, 0) is 5.41 Å². The zero-order valence-corrected chi connectivity index (χ0v) is 38.4. The molecule has 2 aliphatic carbocycles. The van der Waals surface area contributed by atoms with Gasteiger partial charge in [0.1, 0.15) is 0 Å². The lowest BCUT2D eigenvalue weighted by molar-refractivity contribution is 0.794. The van der Waals surface area contributed by atoms with Gasteiger partial charge in [-0.2, -0.15) is 0 Å². The fraction of sp³-hybridized carbons (Fsp3) is 0.0145. The van der Waals surface area contributed by atoms with E-state index >= 15 is 0 Å². The molecule has 1 spiro atoms. The SMILES string of the molecule is c1ccc(-c2ccccc2-c2ccccc2-c2ccccc2N(c2ccc(-c3ccc4c(c3)C3(c5ccccc5-c5ccccc53)c3ccccc3-4)cc2)c2cc3ccccc3c3ccccc23)cc1. The molecular weight excluding hydrogens is 843 g/mol. The van der Waals surface area contributed by atoms with Gasteiger partial charge >= 0.3 is 0 Å². The molecule has 14 rings (SSSR count). The van der Waals surface area contributed by atoms with Crippen LogP contribution in [0.5, 0.6) is 0 Å². The Kier molecular flexibility index (Phi) is 9.19. The maximum atomic E-state index is 2.49. The van der Waals surface area contributed by atoms with Crippen LogP contribution in [0.1, 0.15) is 22.3 Å². The van der Waals surface area contributed by atoms with Crippen molar-refractivity contribution in [1.82, 2.24) is 0 Å². The third-order valence-corrected chi connectivity index (χ3v) is 15.1. The molecule has 0 saturated heterocycles. The van der Waals surface area contributed by atoms with E-state index in [2.05, 4.69) is 278 Å². The first-order valence-corrected chi connectivity index (χ1v) is 24.3. The topological polar surface area (TPSA) is 3.24 Å². The predicted molar refractivity (Wildman–Crippen MR) is 294 cm³/mol. The molecule has 0 radical (unpaired) electrons. The molecule has 0 amide bonds. The van der Waals surface area contributed by atoms with Gasteiger partial charge in [0.15, 0.2) is 0 Å². The standard InChI is InChI=1S/C69H45N/c1-2-20-47(21-3-1)51-23-6-7-25-53(51)55-27-8-9-28-56(55)61-32-15-19-37-67(61)70(68-45-49-22-4-5-24-52(49)54-26-10-11-33-62(54)68)50-41-38-46(39-42-50)48-40-43-60-59-31-14-18-36-65(59)69(66(60)44-48)63-34-16-12-29-57(63)58-30-13-17-35-64(58)69/h1-45H. The van der Waals surface area contributed by atoms with Gasteiger partial charge in [-0.1, -0.05) is 243 Å². The normalized spacial score (nSPS) is 12.7. The second-order valence-corrected chi connectivity index (χ2v) is 18.7. The Labute approximate surface area is 408 Å². The summed E-state index contributed by atoms with van der Waals surface area (Å²) >= 11 is 0. The molecule has 326 valence electrons. The van der Waals surface area contributed by atoms with E-state index in [4.69, 9.17) is 0 Å². The Morgan fingerprint density at radius 3 is 1.31 bits per heavy atom. The van der Waals surface area contributed by atoms with Crippen LogP contribution in [0.3, 0.4) is 0 Å².